The Kier molecular flexibility index (Phi) is 6.80. The molecule has 1 saturated heterocycles. The number of ether oxygens (including phenoxy) is 1. The Balaban J connectivity index is 2.38. The lowest BCUT2D eigenvalue weighted by atomic mass is 9.96. The van der Waals surface area contributed by atoms with Crippen LogP contribution in [-0.2, 0) is 14.3 Å². The molecule has 2 atom stereocenters. The van der Waals surface area contributed by atoms with Crippen LogP contribution in [0.3, 0.4) is 0 Å². The fourth-order valence-corrected chi connectivity index (χ4v) is 2.30. The number of carbonyl (C=O) groups excluding carboxylic acids is 1. The van der Waals surface area contributed by atoms with E-state index < -0.39 is 12.1 Å². The summed E-state index contributed by atoms with van der Waals surface area (Å²) >= 11 is 0. The van der Waals surface area contributed by atoms with Crippen LogP contribution >= 0.6 is 0 Å². The molecule has 1 aliphatic rings. The molecule has 1 heterocycles. The molecule has 0 aromatic heterocycles. The van der Waals surface area contributed by atoms with Crippen molar-refractivity contribution in [2.75, 3.05) is 26.2 Å². The number of nitrogens with two attached hydrogens (primary N) is 1. The number of aliphatic carboxylic acids is 1. The van der Waals surface area contributed by atoms with Crippen molar-refractivity contribution in [3.05, 3.63) is 0 Å². The number of hydrogen-bond donors (Lipinski definition) is 2. The van der Waals surface area contributed by atoms with Gasteiger partial charge in [0.05, 0.1) is 13.2 Å². The van der Waals surface area contributed by atoms with E-state index in [1.54, 1.807) is 4.90 Å². The number of carboxylic acids is 1. The lowest BCUT2D eigenvalue weighted by molar-refractivity contribution is -0.159. The molecule has 0 aliphatic carbocycles. The van der Waals surface area contributed by atoms with Gasteiger partial charge in [-0.3, -0.25) is 4.79 Å². The first-order chi connectivity index (χ1) is 9.08. The number of rotatable bonds is 7. The fraction of sp³-hybridized carbons (Fsp3) is 0.846. The Labute approximate surface area is 113 Å². The van der Waals surface area contributed by atoms with E-state index in [4.69, 9.17) is 15.6 Å². The number of morpholine rings is 1. The van der Waals surface area contributed by atoms with Crippen LogP contribution in [0.25, 0.3) is 0 Å². The number of carbonyl (C=O) groups is 2. The van der Waals surface area contributed by atoms with Gasteiger partial charge in [0, 0.05) is 13.0 Å². The Hall–Kier alpha value is -1.14. The van der Waals surface area contributed by atoms with Crippen molar-refractivity contribution in [3.63, 3.8) is 0 Å². The third-order valence-electron chi connectivity index (χ3n) is 3.61. The minimum atomic E-state index is -1.01. The van der Waals surface area contributed by atoms with Gasteiger partial charge >= 0.3 is 5.97 Å². The van der Waals surface area contributed by atoms with E-state index in [1.807, 2.05) is 0 Å². The van der Waals surface area contributed by atoms with Crippen LogP contribution in [-0.4, -0.2) is 54.2 Å². The minimum Gasteiger partial charge on any atom is -0.479 e. The summed E-state index contributed by atoms with van der Waals surface area (Å²) in [5.41, 5.74) is 5.53. The Bertz CT molecular complexity index is 309. The van der Waals surface area contributed by atoms with Crippen LogP contribution in [0.1, 0.15) is 32.6 Å². The van der Waals surface area contributed by atoms with Gasteiger partial charge in [-0.25, -0.2) is 4.79 Å². The normalized spacial score (nSPS) is 21.2. The van der Waals surface area contributed by atoms with E-state index in [0.29, 0.717) is 32.0 Å². The Morgan fingerprint density at radius 3 is 2.79 bits per heavy atom. The predicted octanol–water partition coefficient (Wildman–Crippen LogP) is 0.454. The minimum absolute atomic E-state index is 0.0185. The number of carboxylic acid groups (broad SMARTS) is 1. The highest BCUT2D eigenvalue weighted by molar-refractivity contribution is 5.78. The average molecular weight is 272 g/mol. The first-order valence-corrected chi connectivity index (χ1v) is 6.90. The summed E-state index contributed by atoms with van der Waals surface area (Å²) in [6, 6.07) is 0. The highest BCUT2D eigenvalue weighted by Gasteiger charge is 2.28. The SMILES string of the molecule is CCC(CCN)CCC(=O)N1CCOC(C(=O)O)C1. The number of hydrogen-bond acceptors (Lipinski definition) is 4. The fourth-order valence-electron chi connectivity index (χ4n) is 2.30. The van der Waals surface area contributed by atoms with E-state index in [9.17, 15) is 9.59 Å². The largest absolute Gasteiger partial charge is 0.479 e. The van der Waals surface area contributed by atoms with Crippen molar-refractivity contribution in [3.8, 4) is 0 Å². The zero-order valence-corrected chi connectivity index (χ0v) is 11.5. The van der Waals surface area contributed by atoms with E-state index in [1.165, 1.54) is 0 Å². The van der Waals surface area contributed by atoms with E-state index >= 15 is 0 Å². The van der Waals surface area contributed by atoms with Crippen molar-refractivity contribution >= 4 is 11.9 Å². The lowest BCUT2D eigenvalue weighted by Gasteiger charge is -2.31. The van der Waals surface area contributed by atoms with E-state index in [2.05, 4.69) is 6.92 Å². The molecule has 1 fully saturated rings. The number of amides is 1. The third-order valence-corrected chi connectivity index (χ3v) is 3.61. The second-order valence-electron chi connectivity index (χ2n) is 4.93. The molecule has 6 heteroatoms. The summed E-state index contributed by atoms with van der Waals surface area (Å²) in [5, 5.41) is 8.89. The van der Waals surface area contributed by atoms with Crippen LogP contribution < -0.4 is 5.73 Å². The zero-order chi connectivity index (χ0) is 14.3. The zero-order valence-electron chi connectivity index (χ0n) is 11.5. The van der Waals surface area contributed by atoms with Gasteiger partial charge < -0.3 is 20.5 Å². The topological polar surface area (TPSA) is 92.9 Å². The van der Waals surface area contributed by atoms with Crippen molar-refractivity contribution in [1.82, 2.24) is 4.90 Å². The molecule has 0 aromatic carbocycles. The van der Waals surface area contributed by atoms with Crippen molar-refractivity contribution in [1.29, 1.82) is 0 Å². The molecule has 0 saturated carbocycles. The Morgan fingerprint density at radius 2 is 2.21 bits per heavy atom. The highest BCUT2D eigenvalue weighted by Crippen LogP contribution is 2.16. The third kappa shape index (κ3) is 5.16. The van der Waals surface area contributed by atoms with Crippen LogP contribution in [0, 0.1) is 5.92 Å². The molecule has 6 nitrogen and oxygen atoms in total. The molecule has 0 bridgehead atoms. The van der Waals surface area contributed by atoms with Gasteiger partial charge in [0.1, 0.15) is 0 Å². The maximum atomic E-state index is 12.0. The summed E-state index contributed by atoms with van der Waals surface area (Å²) in [5.74, 6) is -0.512. The second kappa shape index (κ2) is 8.12. The molecule has 0 spiro atoms. The van der Waals surface area contributed by atoms with E-state index in [-0.39, 0.29) is 12.5 Å². The molecule has 1 aliphatic heterocycles. The highest BCUT2D eigenvalue weighted by atomic mass is 16.5. The van der Waals surface area contributed by atoms with Crippen molar-refractivity contribution in [2.45, 2.75) is 38.7 Å². The van der Waals surface area contributed by atoms with Crippen molar-refractivity contribution < 1.29 is 19.4 Å². The molecule has 1 rings (SSSR count). The molecule has 3 N–H and O–H groups in total. The Morgan fingerprint density at radius 1 is 1.47 bits per heavy atom. The standard InChI is InChI=1S/C13H24N2O4/c1-2-10(5-6-14)3-4-12(16)15-7-8-19-11(9-15)13(17)18/h10-11H,2-9,14H2,1H3,(H,17,18). The van der Waals surface area contributed by atoms with Gasteiger partial charge in [0.25, 0.3) is 0 Å². The van der Waals surface area contributed by atoms with Gasteiger partial charge in [0.2, 0.25) is 5.91 Å². The molecular weight excluding hydrogens is 248 g/mol. The number of nitrogens with zero attached hydrogens (tertiary/aromatic N) is 1. The second-order valence-corrected chi connectivity index (χ2v) is 4.93. The van der Waals surface area contributed by atoms with Gasteiger partial charge in [-0.2, -0.15) is 0 Å². The summed E-state index contributed by atoms with van der Waals surface area (Å²) in [6.45, 7) is 3.67. The molecule has 2 unspecified atom stereocenters. The molecular formula is C13H24N2O4. The molecule has 1 amide bonds. The lowest BCUT2D eigenvalue weighted by Crippen LogP contribution is -2.48. The van der Waals surface area contributed by atoms with Crippen molar-refractivity contribution in [2.24, 2.45) is 11.7 Å². The van der Waals surface area contributed by atoms with Crippen LogP contribution in [0.15, 0.2) is 0 Å². The summed E-state index contributed by atoms with van der Waals surface area (Å²) in [6.07, 6.45) is 2.35. The monoisotopic (exact) mass is 272 g/mol. The average Bonchev–Trinajstić information content (AvgIpc) is 2.43. The molecule has 19 heavy (non-hydrogen) atoms. The molecule has 110 valence electrons. The first-order valence-electron chi connectivity index (χ1n) is 6.90. The summed E-state index contributed by atoms with van der Waals surface area (Å²) < 4.78 is 5.10. The summed E-state index contributed by atoms with van der Waals surface area (Å²) in [4.78, 5) is 24.5. The van der Waals surface area contributed by atoms with Gasteiger partial charge in [-0.1, -0.05) is 13.3 Å². The maximum absolute atomic E-state index is 12.0. The van der Waals surface area contributed by atoms with Gasteiger partial charge in [-0.05, 0) is 25.3 Å². The van der Waals surface area contributed by atoms with E-state index in [0.717, 1.165) is 19.3 Å². The van der Waals surface area contributed by atoms with Crippen LogP contribution in [0.4, 0.5) is 0 Å². The molecule has 0 radical (unpaired) electrons. The predicted molar refractivity (Wildman–Crippen MR) is 70.6 cm³/mol. The summed E-state index contributed by atoms with van der Waals surface area (Å²) in [7, 11) is 0. The first kappa shape index (κ1) is 15.9. The maximum Gasteiger partial charge on any atom is 0.334 e. The molecule has 0 aromatic rings. The van der Waals surface area contributed by atoms with Gasteiger partial charge in [-0.15, -0.1) is 0 Å². The van der Waals surface area contributed by atoms with Crippen LogP contribution in [0.2, 0.25) is 0 Å². The van der Waals surface area contributed by atoms with Crippen LogP contribution in [0.5, 0.6) is 0 Å². The van der Waals surface area contributed by atoms with Gasteiger partial charge in [0.15, 0.2) is 6.10 Å². The smallest absolute Gasteiger partial charge is 0.334 e. The quantitative estimate of drug-likeness (QED) is 0.702.